The van der Waals surface area contributed by atoms with E-state index in [4.69, 9.17) is 0 Å². The Morgan fingerprint density at radius 3 is 2.58 bits per heavy atom. The molecule has 4 nitrogen and oxygen atoms in total. The van der Waals surface area contributed by atoms with Gasteiger partial charge in [-0.3, -0.25) is 9.00 Å². The Bertz CT molecular complexity index is 492. The molecule has 2 N–H and O–H groups in total. The Morgan fingerprint density at radius 2 is 2.00 bits per heavy atom. The summed E-state index contributed by atoms with van der Waals surface area (Å²) in [5.74, 6) is 1.53. The molecule has 0 bridgehead atoms. The Morgan fingerprint density at radius 1 is 1.32 bits per heavy atom. The molecular weight excluding hydrogens is 260 g/mol. The molecule has 0 saturated carbocycles. The smallest absolute Gasteiger partial charge is 0.221 e. The van der Waals surface area contributed by atoms with Gasteiger partial charge in [0.05, 0.1) is 0 Å². The summed E-state index contributed by atoms with van der Waals surface area (Å²) in [6.45, 7) is 3.49. The highest BCUT2D eigenvalue weighted by Gasteiger charge is 2.17. The number of rotatable bonds is 3. The van der Waals surface area contributed by atoms with Crippen LogP contribution in [0.25, 0.3) is 0 Å². The molecule has 1 amide bonds. The van der Waals surface area contributed by atoms with Gasteiger partial charge in [0.15, 0.2) is 0 Å². The summed E-state index contributed by atoms with van der Waals surface area (Å²) in [5.41, 5.74) is 2.95. The summed E-state index contributed by atoms with van der Waals surface area (Å²) in [6, 6.07) is 6.34. The quantitative estimate of drug-likeness (QED) is 0.893. The molecule has 0 radical (unpaired) electrons. The van der Waals surface area contributed by atoms with Gasteiger partial charge in [0, 0.05) is 46.6 Å². The highest BCUT2D eigenvalue weighted by Crippen LogP contribution is 2.22. The predicted octanol–water partition coefficient (Wildman–Crippen LogP) is 2.28. The Balaban J connectivity index is 1.99. The minimum Gasteiger partial charge on any atom is -0.382 e. The summed E-state index contributed by atoms with van der Waals surface area (Å²) < 4.78 is 11.3. The third-order valence-corrected chi connectivity index (χ3v) is 4.68. The molecule has 1 heterocycles. The van der Waals surface area contributed by atoms with E-state index in [1.165, 1.54) is 6.92 Å². The van der Waals surface area contributed by atoms with Crippen LogP contribution in [-0.4, -0.2) is 27.7 Å². The van der Waals surface area contributed by atoms with Crippen LogP contribution < -0.4 is 10.6 Å². The molecule has 1 aliphatic heterocycles. The highest BCUT2D eigenvalue weighted by atomic mass is 32.2. The molecule has 0 unspecified atom stereocenters. The van der Waals surface area contributed by atoms with Gasteiger partial charge >= 0.3 is 0 Å². The van der Waals surface area contributed by atoms with Gasteiger partial charge in [-0.2, -0.15) is 0 Å². The fourth-order valence-corrected chi connectivity index (χ4v) is 3.56. The highest BCUT2D eigenvalue weighted by molar-refractivity contribution is 7.85. The van der Waals surface area contributed by atoms with Crippen molar-refractivity contribution in [2.75, 3.05) is 22.1 Å². The van der Waals surface area contributed by atoms with Crippen LogP contribution in [0.5, 0.6) is 0 Å². The maximum atomic E-state index is 11.3. The molecular formula is C14H20N2O2S. The van der Waals surface area contributed by atoms with Crippen LogP contribution in [0.15, 0.2) is 18.2 Å². The fraction of sp³-hybridized carbons (Fsp3) is 0.500. The lowest BCUT2D eigenvalue weighted by atomic mass is 10.1. The van der Waals surface area contributed by atoms with Crippen LogP contribution in [0.3, 0.4) is 0 Å². The topological polar surface area (TPSA) is 58.2 Å². The van der Waals surface area contributed by atoms with Crippen LogP contribution in [0.1, 0.15) is 25.3 Å². The van der Waals surface area contributed by atoms with Crippen LogP contribution >= 0.6 is 0 Å². The summed E-state index contributed by atoms with van der Waals surface area (Å²) in [5, 5.41) is 6.28. The van der Waals surface area contributed by atoms with Gasteiger partial charge in [-0.1, -0.05) is 0 Å². The molecule has 1 fully saturated rings. The molecule has 1 aromatic carbocycles. The lowest BCUT2D eigenvalue weighted by molar-refractivity contribution is -0.114. The number of aryl methyl sites for hydroxylation is 1. The second kappa shape index (κ2) is 6.19. The zero-order valence-corrected chi connectivity index (χ0v) is 12.2. The summed E-state index contributed by atoms with van der Waals surface area (Å²) >= 11 is 0. The second-order valence-electron chi connectivity index (χ2n) is 4.98. The van der Waals surface area contributed by atoms with Gasteiger partial charge in [0.1, 0.15) is 0 Å². The maximum Gasteiger partial charge on any atom is 0.221 e. The minimum atomic E-state index is -0.621. The zero-order chi connectivity index (χ0) is 13.8. The number of hydrogen-bond acceptors (Lipinski definition) is 3. The lowest BCUT2D eigenvalue weighted by Crippen LogP contribution is -2.29. The average molecular weight is 280 g/mol. The Labute approximate surface area is 116 Å². The number of benzene rings is 1. The van der Waals surface area contributed by atoms with Crippen molar-refractivity contribution in [3.8, 4) is 0 Å². The van der Waals surface area contributed by atoms with Crippen LogP contribution in [0, 0.1) is 6.92 Å². The van der Waals surface area contributed by atoms with Crippen molar-refractivity contribution in [3.63, 3.8) is 0 Å². The normalized spacial score (nSPS) is 22.8. The molecule has 1 aliphatic rings. The fourth-order valence-electron chi connectivity index (χ4n) is 2.26. The van der Waals surface area contributed by atoms with Crippen molar-refractivity contribution < 1.29 is 9.00 Å². The molecule has 104 valence electrons. The van der Waals surface area contributed by atoms with Gasteiger partial charge in [0.2, 0.25) is 5.91 Å². The number of carbonyl (C=O) groups excluding carboxylic acids is 1. The second-order valence-corrected chi connectivity index (χ2v) is 6.67. The van der Waals surface area contributed by atoms with E-state index in [2.05, 4.69) is 10.6 Å². The first-order chi connectivity index (χ1) is 9.04. The lowest BCUT2D eigenvalue weighted by Gasteiger charge is -2.24. The van der Waals surface area contributed by atoms with Crippen molar-refractivity contribution in [3.05, 3.63) is 23.8 Å². The molecule has 0 atom stereocenters. The van der Waals surface area contributed by atoms with Crippen molar-refractivity contribution in [1.82, 2.24) is 0 Å². The van der Waals surface area contributed by atoms with Gasteiger partial charge in [-0.15, -0.1) is 0 Å². The molecule has 0 spiro atoms. The number of hydrogen-bond donors (Lipinski definition) is 2. The zero-order valence-electron chi connectivity index (χ0n) is 11.4. The molecule has 1 saturated heterocycles. The van der Waals surface area contributed by atoms with E-state index in [0.29, 0.717) is 6.04 Å². The van der Waals surface area contributed by atoms with E-state index in [-0.39, 0.29) is 5.91 Å². The molecule has 0 aliphatic carbocycles. The first-order valence-electron chi connectivity index (χ1n) is 6.54. The summed E-state index contributed by atoms with van der Waals surface area (Å²) in [6.07, 6.45) is 1.91. The molecule has 19 heavy (non-hydrogen) atoms. The largest absolute Gasteiger partial charge is 0.382 e. The van der Waals surface area contributed by atoms with E-state index in [9.17, 15) is 9.00 Å². The summed E-state index contributed by atoms with van der Waals surface area (Å²) in [4.78, 5) is 11.0. The van der Waals surface area contributed by atoms with E-state index >= 15 is 0 Å². The first-order valence-corrected chi connectivity index (χ1v) is 8.03. The summed E-state index contributed by atoms with van der Waals surface area (Å²) in [7, 11) is -0.621. The van der Waals surface area contributed by atoms with Crippen LogP contribution in [0.2, 0.25) is 0 Å². The monoisotopic (exact) mass is 280 g/mol. The van der Waals surface area contributed by atoms with Gasteiger partial charge < -0.3 is 10.6 Å². The number of nitrogens with one attached hydrogen (secondary N) is 2. The molecule has 5 heteroatoms. The SMILES string of the molecule is CC(=O)Nc1ccc(NC2CCS(=O)CC2)cc1C. The van der Waals surface area contributed by atoms with Crippen molar-refractivity contribution in [1.29, 1.82) is 0 Å². The van der Waals surface area contributed by atoms with Crippen LogP contribution in [0.4, 0.5) is 11.4 Å². The van der Waals surface area contributed by atoms with E-state index in [0.717, 1.165) is 41.3 Å². The predicted molar refractivity (Wildman–Crippen MR) is 80.0 cm³/mol. The Kier molecular flexibility index (Phi) is 4.58. The van der Waals surface area contributed by atoms with Crippen molar-refractivity contribution in [2.45, 2.75) is 32.7 Å². The average Bonchev–Trinajstić information content (AvgIpc) is 2.35. The van der Waals surface area contributed by atoms with Crippen LogP contribution in [-0.2, 0) is 15.6 Å². The Hall–Kier alpha value is -1.36. The third-order valence-electron chi connectivity index (χ3n) is 3.30. The minimum absolute atomic E-state index is 0.0569. The van der Waals surface area contributed by atoms with Gasteiger partial charge in [-0.05, 0) is 43.5 Å². The van der Waals surface area contributed by atoms with Crippen molar-refractivity contribution >= 4 is 28.1 Å². The molecule has 0 aromatic heterocycles. The van der Waals surface area contributed by atoms with E-state index in [1.807, 2.05) is 25.1 Å². The number of amides is 1. The number of carbonyl (C=O) groups is 1. The first kappa shape index (κ1) is 14.1. The van der Waals surface area contributed by atoms with Gasteiger partial charge in [-0.25, -0.2) is 0 Å². The third kappa shape index (κ3) is 4.06. The van der Waals surface area contributed by atoms with Gasteiger partial charge in [0.25, 0.3) is 0 Å². The standard InChI is InChI=1S/C14H20N2O2S/c1-10-9-13(3-4-14(10)15-11(2)17)16-12-5-7-19(18)8-6-12/h3-4,9,12,16H,5-8H2,1-2H3,(H,15,17). The maximum absolute atomic E-state index is 11.3. The molecule has 1 aromatic rings. The van der Waals surface area contributed by atoms with E-state index < -0.39 is 10.8 Å². The van der Waals surface area contributed by atoms with Crippen molar-refractivity contribution in [2.24, 2.45) is 0 Å². The molecule has 2 rings (SSSR count). The van der Waals surface area contributed by atoms with E-state index in [1.54, 1.807) is 0 Å². The number of anilines is 2.